The third-order valence-corrected chi connectivity index (χ3v) is 8.45. The molecule has 1 aromatic rings. The molecular weight excluding hydrogens is 376 g/mol. The topological polar surface area (TPSA) is 66.9 Å². The Morgan fingerprint density at radius 3 is 2.54 bits per heavy atom. The van der Waals surface area contributed by atoms with Gasteiger partial charge in [0.15, 0.2) is 0 Å². The molecule has 0 aromatic heterocycles. The zero-order valence-corrected chi connectivity index (χ0v) is 17.4. The fourth-order valence-corrected chi connectivity index (χ4v) is 6.39. The Bertz CT molecular complexity index is 831. The van der Waals surface area contributed by atoms with Crippen LogP contribution in [0, 0.1) is 12.8 Å². The van der Waals surface area contributed by atoms with E-state index in [1.807, 2.05) is 11.8 Å². The van der Waals surface area contributed by atoms with Gasteiger partial charge in [0.1, 0.15) is 0 Å². The number of benzene rings is 1. The highest BCUT2D eigenvalue weighted by Crippen LogP contribution is 2.36. The zero-order valence-electron chi connectivity index (χ0n) is 16.6. The molecule has 1 aliphatic carbocycles. The van der Waals surface area contributed by atoms with Gasteiger partial charge in [0.25, 0.3) is 5.91 Å². The molecule has 1 amide bonds. The van der Waals surface area contributed by atoms with Crippen LogP contribution in [0.15, 0.2) is 23.1 Å². The van der Waals surface area contributed by atoms with E-state index in [4.69, 9.17) is 4.74 Å². The molecule has 2 heterocycles. The summed E-state index contributed by atoms with van der Waals surface area (Å²) in [7, 11) is -3.61. The molecule has 0 bridgehead atoms. The number of amides is 1. The molecule has 4 rings (SSSR count). The van der Waals surface area contributed by atoms with E-state index in [0.29, 0.717) is 43.8 Å². The Balaban J connectivity index is 1.62. The number of hydrogen-bond donors (Lipinski definition) is 0. The Morgan fingerprint density at radius 1 is 1.04 bits per heavy atom. The van der Waals surface area contributed by atoms with E-state index in [9.17, 15) is 13.2 Å². The number of sulfonamides is 1. The lowest BCUT2D eigenvalue weighted by molar-refractivity contribution is 0.0389. The summed E-state index contributed by atoms with van der Waals surface area (Å²) in [6.07, 6.45) is 6.96. The molecule has 28 heavy (non-hydrogen) atoms. The molecule has 0 unspecified atom stereocenters. The number of ether oxygens (including phenoxy) is 1. The number of carbonyl (C=O) groups excluding carboxylic acids is 1. The highest BCUT2D eigenvalue weighted by atomic mass is 32.2. The van der Waals surface area contributed by atoms with Crippen LogP contribution in [-0.4, -0.2) is 62.4 Å². The second-order valence-corrected chi connectivity index (χ2v) is 10.2. The van der Waals surface area contributed by atoms with Crippen LogP contribution in [-0.2, 0) is 14.8 Å². The van der Waals surface area contributed by atoms with Gasteiger partial charge in [0.05, 0.1) is 18.1 Å². The average molecular weight is 407 g/mol. The molecule has 3 fully saturated rings. The minimum Gasteiger partial charge on any atom is -0.379 e. The largest absolute Gasteiger partial charge is 0.379 e. The van der Waals surface area contributed by atoms with Crippen molar-refractivity contribution in [1.82, 2.24) is 9.21 Å². The maximum absolute atomic E-state index is 13.4. The molecule has 6 nitrogen and oxygen atoms in total. The summed E-state index contributed by atoms with van der Waals surface area (Å²) in [5, 5.41) is 0. The molecule has 1 aromatic carbocycles. The van der Waals surface area contributed by atoms with Gasteiger partial charge in [0, 0.05) is 31.2 Å². The van der Waals surface area contributed by atoms with Crippen LogP contribution in [0.4, 0.5) is 0 Å². The second-order valence-electron chi connectivity index (χ2n) is 8.25. The van der Waals surface area contributed by atoms with Crippen LogP contribution in [0.25, 0.3) is 0 Å². The van der Waals surface area contributed by atoms with Crippen molar-refractivity contribution < 1.29 is 17.9 Å². The minimum atomic E-state index is -3.61. The van der Waals surface area contributed by atoms with Gasteiger partial charge in [0.2, 0.25) is 10.0 Å². The molecule has 7 heteroatoms. The highest BCUT2D eigenvalue weighted by Gasteiger charge is 2.37. The molecular formula is C21H30N2O4S. The van der Waals surface area contributed by atoms with Gasteiger partial charge >= 0.3 is 0 Å². The van der Waals surface area contributed by atoms with Crippen molar-refractivity contribution in [1.29, 1.82) is 0 Å². The Kier molecular flexibility index (Phi) is 5.76. The predicted octanol–water partition coefficient (Wildman–Crippen LogP) is 2.81. The quantitative estimate of drug-likeness (QED) is 0.774. The first-order valence-corrected chi connectivity index (χ1v) is 11.9. The lowest BCUT2D eigenvalue weighted by Gasteiger charge is -2.44. The molecule has 1 saturated carbocycles. The smallest absolute Gasteiger partial charge is 0.254 e. The van der Waals surface area contributed by atoms with Crippen LogP contribution < -0.4 is 0 Å². The number of fused-ring (bicyclic) bond motifs is 1. The summed E-state index contributed by atoms with van der Waals surface area (Å²) in [6.45, 7) is 4.20. The SMILES string of the molecule is Cc1ccc(S(=O)(=O)N2CCOCC2)cc1C(=O)N1CCC[C@H]2CCCC[C@@H]21. The third kappa shape index (κ3) is 3.72. The maximum atomic E-state index is 13.4. The van der Waals surface area contributed by atoms with Crippen LogP contribution in [0.1, 0.15) is 54.4 Å². The molecule has 0 radical (unpaired) electrons. The molecule has 0 spiro atoms. The number of likely N-dealkylation sites (tertiary alicyclic amines) is 1. The van der Waals surface area contributed by atoms with E-state index >= 15 is 0 Å². The number of piperidine rings is 1. The Hall–Kier alpha value is -1.44. The Labute approximate surface area is 167 Å². The van der Waals surface area contributed by atoms with Crippen LogP contribution >= 0.6 is 0 Å². The van der Waals surface area contributed by atoms with Gasteiger partial charge in [-0.1, -0.05) is 18.9 Å². The van der Waals surface area contributed by atoms with E-state index in [0.717, 1.165) is 24.9 Å². The van der Waals surface area contributed by atoms with Crippen LogP contribution in [0.3, 0.4) is 0 Å². The summed E-state index contributed by atoms with van der Waals surface area (Å²) in [4.78, 5) is 15.7. The predicted molar refractivity (Wildman–Crippen MR) is 107 cm³/mol. The Morgan fingerprint density at radius 2 is 1.75 bits per heavy atom. The van der Waals surface area contributed by atoms with Crippen molar-refractivity contribution in [2.45, 2.75) is 56.4 Å². The number of hydrogen-bond acceptors (Lipinski definition) is 4. The molecule has 2 atom stereocenters. The van der Waals surface area contributed by atoms with Gasteiger partial charge in [-0.2, -0.15) is 4.31 Å². The van der Waals surface area contributed by atoms with Crippen molar-refractivity contribution in [2.24, 2.45) is 5.92 Å². The first-order valence-electron chi connectivity index (χ1n) is 10.5. The van der Waals surface area contributed by atoms with Gasteiger partial charge < -0.3 is 9.64 Å². The molecule has 2 aliphatic heterocycles. The average Bonchev–Trinajstić information content (AvgIpc) is 2.73. The number of aryl methyl sites for hydroxylation is 1. The fraction of sp³-hybridized carbons (Fsp3) is 0.667. The van der Waals surface area contributed by atoms with Crippen molar-refractivity contribution in [3.63, 3.8) is 0 Å². The molecule has 2 saturated heterocycles. The summed E-state index contributed by atoms with van der Waals surface area (Å²) >= 11 is 0. The third-order valence-electron chi connectivity index (χ3n) is 6.55. The maximum Gasteiger partial charge on any atom is 0.254 e. The first-order chi connectivity index (χ1) is 13.5. The fourth-order valence-electron chi connectivity index (χ4n) is 4.96. The number of carbonyl (C=O) groups is 1. The van der Waals surface area contributed by atoms with Crippen molar-refractivity contribution >= 4 is 15.9 Å². The van der Waals surface area contributed by atoms with Gasteiger partial charge in [-0.25, -0.2) is 8.42 Å². The minimum absolute atomic E-state index is 0.00636. The van der Waals surface area contributed by atoms with E-state index < -0.39 is 10.0 Å². The zero-order chi connectivity index (χ0) is 19.7. The molecule has 154 valence electrons. The normalized spacial score (nSPS) is 26.7. The lowest BCUT2D eigenvalue weighted by Crippen LogP contribution is -2.49. The van der Waals surface area contributed by atoms with Gasteiger partial charge in [-0.05, 0) is 56.2 Å². The molecule has 0 N–H and O–H groups in total. The number of morpholine rings is 1. The van der Waals surface area contributed by atoms with Crippen molar-refractivity contribution in [2.75, 3.05) is 32.8 Å². The van der Waals surface area contributed by atoms with E-state index in [2.05, 4.69) is 0 Å². The first kappa shape index (κ1) is 19.9. The summed E-state index contributed by atoms with van der Waals surface area (Å²) in [5.41, 5.74) is 1.37. The molecule has 3 aliphatic rings. The summed E-state index contributed by atoms with van der Waals surface area (Å²) in [5.74, 6) is 0.597. The number of rotatable bonds is 3. The van der Waals surface area contributed by atoms with Crippen LogP contribution in [0.2, 0.25) is 0 Å². The van der Waals surface area contributed by atoms with Crippen molar-refractivity contribution in [3.05, 3.63) is 29.3 Å². The highest BCUT2D eigenvalue weighted by molar-refractivity contribution is 7.89. The summed E-state index contributed by atoms with van der Waals surface area (Å²) < 4.78 is 32.8. The second kappa shape index (κ2) is 8.13. The summed E-state index contributed by atoms with van der Waals surface area (Å²) in [6, 6.07) is 5.29. The van der Waals surface area contributed by atoms with Crippen LogP contribution in [0.5, 0.6) is 0 Å². The number of nitrogens with zero attached hydrogens (tertiary/aromatic N) is 2. The standard InChI is InChI=1S/C21H30N2O4S/c1-16-8-9-18(28(25,26)22-11-13-27-14-12-22)15-19(16)21(24)23-10-4-6-17-5-2-3-7-20(17)23/h8-9,15,17,20H,2-7,10-14H2,1H3/t17-,20+/m1/s1. The lowest BCUT2D eigenvalue weighted by atomic mass is 9.78. The van der Waals surface area contributed by atoms with E-state index in [1.54, 1.807) is 18.2 Å². The van der Waals surface area contributed by atoms with Gasteiger partial charge in [-0.3, -0.25) is 4.79 Å². The van der Waals surface area contributed by atoms with E-state index in [-0.39, 0.29) is 10.8 Å². The van der Waals surface area contributed by atoms with Crippen molar-refractivity contribution in [3.8, 4) is 0 Å². The van der Waals surface area contributed by atoms with E-state index in [1.165, 1.54) is 30.0 Å². The monoisotopic (exact) mass is 406 g/mol. The van der Waals surface area contributed by atoms with Gasteiger partial charge in [-0.15, -0.1) is 0 Å².